The van der Waals surface area contributed by atoms with Crippen LogP contribution in [-0.4, -0.2) is 6.71 Å². The Hall–Kier alpha value is -6.00. The van der Waals surface area contributed by atoms with Crippen LogP contribution in [0.3, 0.4) is 0 Å². The highest BCUT2D eigenvalue weighted by molar-refractivity contribution is 7.00. The highest BCUT2D eigenvalue weighted by atomic mass is 16.3. The van der Waals surface area contributed by atoms with Crippen LogP contribution in [0.4, 0.5) is 34.1 Å². The number of anilines is 6. The summed E-state index contributed by atoms with van der Waals surface area (Å²) < 4.78 is 7.04. The Kier molecular flexibility index (Phi) is 8.39. The lowest BCUT2D eigenvalue weighted by atomic mass is 9.33. The van der Waals surface area contributed by atoms with Gasteiger partial charge in [0.2, 0.25) is 0 Å². The van der Waals surface area contributed by atoms with E-state index in [-0.39, 0.29) is 28.4 Å². The maximum Gasteiger partial charge on any atom is 0.252 e. The van der Waals surface area contributed by atoms with Gasteiger partial charge in [-0.2, -0.15) is 0 Å². The van der Waals surface area contributed by atoms with Gasteiger partial charge in [-0.15, -0.1) is 0 Å². The van der Waals surface area contributed by atoms with E-state index in [1.165, 1.54) is 89.3 Å². The molecule has 0 atom stereocenters. The lowest BCUT2D eigenvalue weighted by Crippen LogP contribution is -2.61. The highest BCUT2D eigenvalue weighted by Gasteiger charge is 2.48. The Labute approximate surface area is 374 Å². The quantitative estimate of drug-likeness (QED) is 0.166. The lowest BCUT2D eigenvalue weighted by molar-refractivity contribution is 0.403. The number of hydrogen-bond donors (Lipinski definition) is 0. The van der Waals surface area contributed by atoms with E-state index < -0.39 is 0 Å². The summed E-state index contributed by atoms with van der Waals surface area (Å²) in [5.74, 6) is 0. The second kappa shape index (κ2) is 13.3. The summed E-state index contributed by atoms with van der Waals surface area (Å²) in [7, 11) is 0. The Bertz CT molecular complexity index is 3210. The van der Waals surface area contributed by atoms with Crippen LogP contribution < -0.4 is 26.2 Å². The fraction of sp³-hybridized carbons (Fsp3) is 0.288. The van der Waals surface area contributed by atoms with Gasteiger partial charge in [-0.25, -0.2) is 0 Å². The molecule has 0 saturated heterocycles. The summed E-state index contributed by atoms with van der Waals surface area (Å²) in [5, 5.41) is 2.32. The number of rotatable bonds is 3. The number of furan rings is 1. The number of aryl methyl sites for hydroxylation is 2. The predicted molar refractivity (Wildman–Crippen MR) is 271 cm³/mol. The molecule has 0 fully saturated rings. The van der Waals surface area contributed by atoms with Gasteiger partial charge in [0.05, 0.1) is 5.69 Å². The van der Waals surface area contributed by atoms with Crippen molar-refractivity contribution in [3.8, 4) is 11.1 Å². The van der Waals surface area contributed by atoms with Crippen molar-refractivity contribution in [2.75, 3.05) is 9.80 Å². The summed E-state index contributed by atoms with van der Waals surface area (Å²) in [6.45, 7) is 28.4. The lowest BCUT2D eigenvalue weighted by Gasteiger charge is -2.45. The molecule has 11 rings (SSSR count). The van der Waals surface area contributed by atoms with Crippen molar-refractivity contribution >= 4 is 79.2 Å². The van der Waals surface area contributed by atoms with E-state index in [1.807, 2.05) is 0 Å². The van der Waals surface area contributed by atoms with Crippen molar-refractivity contribution in [1.29, 1.82) is 0 Å². The van der Waals surface area contributed by atoms with Crippen LogP contribution in [-0.2, 0) is 21.7 Å². The van der Waals surface area contributed by atoms with Gasteiger partial charge in [0.15, 0.2) is 5.58 Å². The first-order valence-corrected chi connectivity index (χ1v) is 23.0. The monoisotopic (exact) mass is 822 g/mol. The molecular formula is C59H59BN2O. The zero-order chi connectivity index (χ0) is 44.1. The van der Waals surface area contributed by atoms with Crippen LogP contribution in [0.15, 0.2) is 132 Å². The fourth-order valence-electron chi connectivity index (χ4n) is 11.6. The topological polar surface area (TPSA) is 19.6 Å². The third-order valence-corrected chi connectivity index (χ3v) is 14.7. The average molecular weight is 823 g/mol. The number of benzene rings is 7. The Morgan fingerprint density at radius 2 is 1.13 bits per heavy atom. The minimum Gasteiger partial charge on any atom is -0.454 e. The summed E-state index contributed by atoms with van der Waals surface area (Å²) in [5.41, 5.74) is 23.5. The molecule has 1 aromatic heterocycles. The third-order valence-electron chi connectivity index (χ3n) is 14.7. The zero-order valence-electron chi connectivity index (χ0n) is 39.2. The fourth-order valence-corrected chi connectivity index (χ4v) is 11.6. The van der Waals surface area contributed by atoms with Gasteiger partial charge in [0.1, 0.15) is 5.58 Å². The van der Waals surface area contributed by atoms with E-state index in [2.05, 4.69) is 220 Å². The summed E-state index contributed by atoms with van der Waals surface area (Å²) >= 11 is 0. The molecule has 3 heterocycles. The van der Waals surface area contributed by atoms with Crippen LogP contribution >= 0.6 is 0 Å². The Morgan fingerprint density at radius 1 is 0.508 bits per heavy atom. The van der Waals surface area contributed by atoms with Gasteiger partial charge in [0.25, 0.3) is 6.71 Å². The van der Waals surface area contributed by atoms with Crippen molar-refractivity contribution in [2.24, 2.45) is 0 Å². The van der Waals surface area contributed by atoms with Crippen molar-refractivity contribution in [3.05, 3.63) is 161 Å². The third kappa shape index (κ3) is 6.00. The first-order valence-electron chi connectivity index (χ1n) is 23.0. The van der Waals surface area contributed by atoms with Crippen molar-refractivity contribution in [1.82, 2.24) is 0 Å². The summed E-state index contributed by atoms with van der Waals surface area (Å²) in [4.78, 5) is 5.22. The van der Waals surface area contributed by atoms with Crippen molar-refractivity contribution < 1.29 is 4.42 Å². The smallest absolute Gasteiger partial charge is 0.252 e. The molecule has 314 valence electrons. The summed E-state index contributed by atoms with van der Waals surface area (Å²) in [6.07, 6.45) is 1.10. The van der Waals surface area contributed by atoms with Gasteiger partial charge in [-0.05, 0) is 151 Å². The molecule has 0 unspecified atom stereocenters. The summed E-state index contributed by atoms with van der Waals surface area (Å²) in [6, 6.07) is 48.7. The molecule has 4 heteroatoms. The number of para-hydroxylation sites is 1. The SMILES string of the molecule is Cc1cc2c3c(c1)N(c1cc(C(C)(C)C)cc4c1oc1ccccc14)c1cc4c(cc1B3c1ccc(C(C)(C)C)cc1N2c1cc(-c2ccccc2)ccc1C)C(C)(C)CC4(C)C. The maximum atomic E-state index is 7.04. The van der Waals surface area contributed by atoms with E-state index in [0.717, 1.165) is 34.0 Å². The van der Waals surface area contributed by atoms with Crippen LogP contribution in [0.25, 0.3) is 33.1 Å². The number of nitrogens with zero attached hydrogens (tertiary/aromatic N) is 2. The Morgan fingerprint density at radius 3 is 1.83 bits per heavy atom. The second-order valence-electron chi connectivity index (χ2n) is 22.3. The van der Waals surface area contributed by atoms with Crippen LogP contribution in [0.5, 0.6) is 0 Å². The van der Waals surface area contributed by atoms with Crippen molar-refractivity contribution in [3.63, 3.8) is 0 Å². The minimum atomic E-state index is -0.0970. The molecule has 7 aromatic carbocycles. The van der Waals surface area contributed by atoms with E-state index in [4.69, 9.17) is 4.42 Å². The van der Waals surface area contributed by atoms with Crippen LogP contribution in [0.1, 0.15) is 109 Å². The van der Waals surface area contributed by atoms with Crippen LogP contribution in [0, 0.1) is 13.8 Å². The Balaban J connectivity index is 1.29. The molecule has 8 aromatic rings. The van der Waals surface area contributed by atoms with Gasteiger partial charge in [-0.3, -0.25) is 0 Å². The van der Waals surface area contributed by atoms with E-state index in [1.54, 1.807) is 0 Å². The van der Waals surface area contributed by atoms with Gasteiger partial charge >= 0.3 is 0 Å². The van der Waals surface area contributed by atoms with E-state index in [9.17, 15) is 0 Å². The number of fused-ring (bicyclic) bond motifs is 8. The van der Waals surface area contributed by atoms with Crippen LogP contribution in [0.2, 0.25) is 0 Å². The average Bonchev–Trinajstić information content (AvgIpc) is 3.69. The van der Waals surface area contributed by atoms with E-state index >= 15 is 0 Å². The molecular weight excluding hydrogens is 763 g/mol. The standard InChI is InChI=1S/C59H59BN2O/c1-35-26-50-54-51(27-35)62(52-31-40(57(6,7)8)29-42-41-20-16-17-21-53(41)63-55(42)52)49-33-44-43(58(9,10)34-59(44,11)12)32-46(49)60(54)45-25-24-39(56(3,4)5)30-48(45)61(50)47-28-38(23-22-36(47)2)37-18-14-13-15-19-37/h13-33H,34H2,1-12H3. The minimum absolute atomic E-state index is 0.0153. The first-order chi connectivity index (χ1) is 29.8. The van der Waals surface area contributed by atoms with Crippen molar-refractivity contribution in [2.45, 2.75) is 111 Å². The molecule has 1 aliphatic carbocycles. The molecule has 0 spiro atoms. The predicted octanol–water partition coefficient (Wildman–Crippen LogP) is 14.5. The number of hydrogen-bond acceptors (Lipinski definition) is 3. The molecule has 2 aliphatic heterocycles. The van der Waals surface area contributed by atoms with Gasteiger partial charge in [0, 0.05) is 39.2 Å². The molecule has 0 amide bonds. The van der Waals surface area contributed by atoms with Gasteiger partial charge in [-0.1, -0.05) is 148 Å². The largest absolute Gasteiger partial charge is 0.454 e. The first kappa shape index (κ1) is 39.8. The van der Waals surface area contributed by atoms with E-state index in [0.29, 0.717) is 0 Å². The molecule has 63 heavy (non-hydrogen) atoms. The molecule has 0 radical (unpaired) electrons. The molecule has 0 saturated carbocycles. The zero-order valence-corrected chi connectivity index (χ0v) is 39.2. The normalized spacial score (nSPS) is 16.0. The second-order valence-corrected chi connectivity index (χ2v) is 22.3. The molecule has 3 aliphatic rings. The maximum absolute atomic E-state index is 7.04. The molecule has 0 N–H and O–H groups in total. The highest BCUT2D eigenvalue weighted by Crippen LogP contribution is 2.54. The molecule has 0 bridgehead atoms. The van der Waals surface area contributed by atoms with Gasteiger partial charge < -0.3 is 14.2 Å². The molecule has 3 nitrogen and oxygen atoms in total.